The highest BCUT2D eigenvalue weighted by Gasteiger charge is 2.31. The number of nitrogens with zero attached hydrogens (tertiary/aromatic N) is 5. The molecule has 1 unspecified atom stereocenters. The standard InChI is InChI=1S/C20H23N5/c1-6-18(7-1)24-11-3-5-17(13-24)20-22-19-9-8-16(14-25(19)23-20)15-4-2-10-21-12-15/h2,4,8-10,12,14,17-18H,1,3,5-7,11,13H2. The van der Waals surface area contributed by atoms with Crippen LogP contribution < -0.4 is 0 Å². The molecule has 1 atom stereocenters. The van der Waals surface area contributed by atoms with Crippen molar-refractivity contribution < 1.29 is 0 Å². The minimum absolute atomic E-state index is 0.469. The normalized spacial score (nSPS) is 22.2. The number of aromatic nitrogens is 4. The Morgan fingerprint density at radius 3 is 2.76 bits per heavy atom. The zero-order valence-electron chi connectivity index (χ0n) is 14.4. The molecule has 5 nitrogen and oxygen atoms in total. The maximum atomic E-state index is 4.82. The van der Waals surface area contributed by atoms with Gasteiger partial charge in [0.05, 0.1) is 0 Å². The summed E-state index contributed by atoms with van der Waals surface area (Å²) >= 11 is 0. The Kier molecular flexibility index (Phi) is 3.74. The van der Waals surface area contributed by atoms with Crippen LogP contribution in [0.25, 0.3) is 16.8 Å². The molecule has 1 aliphatic heterocycles. The molecule has 0 aromatic carbocycles. The lowest BCUT2D eigenvalue weighted by atomic mass is 9.87. The van der Waals surface area contributed by atoms with Crippen LogP contribution >= 0.6 is 0 Å². The lowest BCUT2D eigenvalue weighted by molar-refractivity contribution is 0.0929. The molecule has 5 heteroatoms. The van der Waals surface area contributed by atoms with Gasteiger partial charge in [0.2, 0.25) is 0 Å². The fourth-order valence-corrected chi connectivity index (χ4v) is 4.08. The third-order valence-electron chi connectivity index (χ3n) is 5.75. The number of piperidine rings is 1. The van der Waals surface area contributed by atoms with Crippen molar-refractivity contribution >= 4 is 5.65 Å². The Bertz CT molecular complexity index is 868. The first-order valence-corrected chi connectivity index (χ1v) is 9.37. The molecule has 0 radical (unpaired) electrons. The van der Waals surface area contributed by atoms with E-state index in [2.05, 4.69) is 34.3 Å². The molecule has 2 fully saturated rings. The molecule has 25 heavy (non-hydrogen) atoms. The van der Waals surface area contributed by atoms with Crippen molar-refractivity contribution in [2.45, 2.75) is 44.1 Å². The second-order valence-electron chi connectivity index (χ2n) is 7.35. The summed E-state index contributed by atoms with van der Waals surface area (Å²) in [4.78, 5) is 11.7. The molecule has 0 spiro atoms. The van der Waals surface area contributed by atoms with Crippen LogP contribution in [0.15, 0.2) is 42.9 Å². The second kappa shape index (κ2) is 6.23. The number of hydrogen-bond donors (Lipinski definition) is 0. The molecule has 0 N–H and O–H groups in total. The molecule has 1 saturated carbocycles. The number of fused-ring (bicyclic) bond motifs is 1. The predicted octanol–water partition coefficient (Wildman–Crippen LogP) is 3.52. The van der Waals surface area contributed by atoms with Gasteiger partial charge in [0.15, 0.2) is 11.5 Å². The Morgan fingerprint density at radius 2 is 1.96 bits per heavy atom. The summed E-state index contributed by atoms with van der Waals surface area (Å²) in [6, 6.07) is 9.02. The van der Waals surface area contributed by atoms with Gasteiger partial charge in [-0.25, -0.2) is 9.50 Å². The van der Waals surface area contributed by atoms with E-state index in [0.29, 0.717) is 5.92 Å². The number of pyridine rings is 2. The predicted molar refractivity (Wildman–Crippen MR) is 97.4 cm³/mol. The van der Waals surface area contributed by atoms with Crippen LogP contribution in [0.3, 0.4) is 0 Å². The van der Waals surface area contributed by atoms with E-state index in [0.717, 1.165) is 35.2 Å². The lowest BCUT2D eigenvalue weighted by Gasteiger charge is -2.41. The van der Waals surface area contributed by atoms with Gasteiger partial charge in [-0.3, -0.25) is 9.88 Å². The Hall–Kier alpha value is -2.27. The summed E-state index contributed by atoms with van der Waals surface area (Å²) in [5.41, 5.74) is 3.16. The summed E-state index contributed by atoms with van der Waals surface area (Å²) in [6.45, 7) is 2.37. The fourth-order valence-electron chi connectivity index (χ4n) is 4.08. The summed E-state index contributed by atoms with van der Waals surface area (Å²) < 4.78 is 1.93. The van der Waals surface area contributed by atoms with Crippen LogP contribution in [-0.4, -0.2) is 43.6 Å². The smallest absolute Gasteiger partial charge is 0.156 e. The van der Waals surface area contributed by atoms with Gasteiger partial charge in [-0.2, -0.15) is 5.10 Å². The van der Waals surface area contributed by atoms with E-state index in [1.54, 1.807) is 6.20 Å². The van der Waals surface area contributed by atoms with Gasteiger partial charge in [-0.15, -0.1) is 0 Å². The zero-order valence-corrected chi connectivity index (χ0v) is 14.4. The van der Waals surface area contributed by atoms with Crippen LogP contribution in [0.4, 0.5) is 0 Å². The zero-order chi connectivity index (χ0) is 16.6. The van der Waals surface area contributed by atoms with E-state index >= 15 is 0 Å². The first-order valence-electron chi connectivity index (χ1n) is 9.37. The minimum Gasteiger partial charge on any atom is -0.300 e. The van der Waals surface area contributed by atoms with Gasteiger partial charge >= 0.3 is 0 Å². The summed E-state index contributed by atoms with van der Waals surface area (Å²) in [7, 11) is 0. The average Bonchev–Trinajstić information content (AvgIpc) is 3.04. The van der Waals surface area contributed by atoms with Crippen LogP contribution in [0, 0.1) is 0 Å². The van der Waals surface area contributed by atoms with Crippen molar-refractivity contribution in [2.24, 2.45) is 0 Å². The maximum absolute atomic E-state index is 4.82. The van der Waals surface area contributed by atoms with Crippen LogP contribution in [0.5, 0.6) is 0 Å². The molecule has 0 amide bonds. The number of rotatable bonds is 3. The van der Waals surface area contributed by atoms with E-state index in [-0.39, 0.29) is 0 Å². The highest BCUT2D eigenvalue weighted by atomic mass is 15.3. The van der Waals surface area contributed by atoms with Gasteiger partial charge in [0.1, 0.15) is 0 Å². The van der Waals surface area contributed by atoms with Gasteiger partial charge in [-0.05, 0) is 50.4 Å². The molecule has 3 aromatic heterocycles. The topological polar surface area (TPSA) is 46.3 Å². The molecule has 128 valence electrons. The van der Waals surface area contributed by atoms with Crippen molar-refractivity contribution in [3.05, 3.63) is 48.7 Å². The quantitative estimate of drug-likeness (QED) is 0.736. The van der Waals surface area contributed by atoms with E-state index in [1.807, 2.05) is 16.8 Å². The summed E-state index contributed by atoms with van der Waals surface area (Å²) in [5.74, 6) is 1.48. The van der Waals surface area contributed by atoms with Crippen molar-refractivity contribution in [1.29, 1.82) is 0 Å². The SMILES string of the molecule is c1cncc(-c2ccc3nc(C4CCCN(C5CCC5)C4)nn3c2)c1. The molecule has 2 aliphatic rings. The van der Waals surface area contributed by atoms with Gasteiger partial charge < -0.3 is 0 Å². The lowest BCUT2D eigenvalue weighted by Crippen LogP contribution is -2.45. The molecule has 1 aliphatic carbocycles. The maximum Gasteiger partial charge on any atom is 0.156 e. The molecule has 3 aromatic rings. The van der Waals surface area contributed by atoms with Crippen molar-refractivity contribution in [1.82, 2.24) is 24.5 Å². The third kappa shape index (κ3) is 2.82. The molecular formula is C20H23N5. The van der Waals surface area contributed by atoms with Gasteiger partial charge in [0.25, 0.3) is 0 Å². The van der Waals surface area contributed by atoms with E-state index < -0.39 is 0 Å². The van der Waals surface area contributed by atoms with E-state index in [9.17, 15) is 0 Å². The highest BCUT2D eigenvalue weighted by molar-refractivity contribution is 5.63. The number of hydrogen-bond acceptors (Lipinski definition) is 4. The first kappa shape index (κ1) is 15.0. The van der Waals surface area contributed by atoms with Gasteiger partial charge in [0, 0.05) is 48.2 Å². The molecule has 1 saturated heterocycles. The fraction of sp³-hybridized carbons (Fsp3) is 0.450. The van der Waals surface area contributed by atoms with Crippen molar-refractivity contribution in [2.75, 3.05) is 13.1 Å². The van der Waals surface area contributed by atoms with Crippen LogP contribution in [0.2, 0.25) is 0 Å². The first-order chi connectivity index (χ1) is 12.4. The van der Waals surface area contributed by atoms with Crippen LogP contribution in [0.1, 0.15) is 43.8 Å². The van der Waals surface area contributed by atoms with E-state index in [4.69, 9.17) is 10.1 Å². The number of likely N-dealkylation sites (tertiary alicyclic amines) is 1. The van der Waals surface area contributed by atoms with Gasteiger partial charge in [-0.1, -0.05) is 12.5 Å². The largest absolute Gasteiger partial charge is 0.300 e. The monoisotopic (exact) mass is 333 g/mol. The average molecular weight is 333 g/mol. The Labute approximate surface area is 147 Å². The molecular weight excluding hydrogens is 310 g/mol. The molecule has 0 bridgehead atoms. The second-order valence-corrected chi connectivity index (χ2v) is 7.35. The van der Waals surface area contributed by atoms with Crippen LogP contribution in [-0.2, 0) is 0 Å². The summed E-state index contributed by atoms with van der Waals surface area (Å²) in [5, 5.41) is 4.82. The summed E-state index contributed by atoms with van der Waals surface area (Å²) in [6.07, 6.45) is 12.4. The highest BCUT2D eigenvalue weighted by Crippen LogP contribution is 2.32. The van der Waals surface area contributed by atoms with Crippen molar-refractivity contribution in [3.8, 4) is 11.1 Å². The van der Waals surface area contributed by atoms with E-state index in [1.165, 1.54) is 38.6 Å². The minimum atomic E-state index is 0.469. The Balaban J connectivity index is 1.42. The Morgan fingerprint density at radius 1 is 1.00 bits per heavy atom. The molecule has 5 rings (SSSR count). The van der Waals surface area contributed by atoms with Crippen molar-refractivity contribution in [3.63, 3.8) is 0 Å². The third-order valence-corrected chi connectivity index (χ3v) is 5.75. The molecule has 4 heterocycles.